The molecule has 0 bridgehead atoms. The number of carbonyl (C=O) groups excluding carboxylic acids is 1. The van der Waals surface area contributed by atoms with Gasteiger partial charge in [-0.2, -0.15) is 5.10 Å². The lowest BCUT2D eigenvalue weighted by atomic mass is 10.1. The Morgan fingerprint density at radius 3 is 2.61 bits per heavy atom. The lowest BCUT2D eigenvalue weighted by Gasteiger charge is -2.19. The Morgan fingerprint density at radius 1 is 1.35 bits per heavy atom. The van der Waals surface area contributed by atoms with Crippen LogP contribution in [0.15, 0.2) is 16.6 Å². The summed E-state index contributed by atoms with van der Waals surface area (Å²) in [6, 6.07) is 3.28. The number of nitrogens with zero attached hydrogens (tertiary/aromatic N) is 1. The number of aromatic amines is 1. The second kappa shape index (κ2) is 6.41. The Hall–Kier alpha value is -1.73. The first kappa shape index (κ1) is 16.1. The molecule has 8 heteroatoms. The van der Waals surface area contributed by atoms with Crippen LogP contribution in [0.4, 0.5) is 5.69 Å². The van der Waals surface area contributed by atoms with Gasteiger partial charge in [-0.3, -0.25) is 9.89 Å². The number of anilines is 1. The van der Waals surface area contributed by atoms with Crippen LogP contribution in [0.5, 0.6) is 11.5 Å². The van der Waals surface area contributed by atoms with Crippen LogP contribution in [0, 0.1) is 0 Å². The van der Waals surface area contributed by atoms with Crippen molar-refractivity contribution in [3.63, 3.8) is 0 Å². The minimum Gasteiger partial charge on any atom is -0.486 e. The van der Waals surface area contributed by atoms with Crippen molar-refractivity contribution >= 4 is 39.1 Å². The van der Waals surface area contributed by atoms with Gasteiger partial charge in [0.1, 0.15) is 13.2 Å². The molecule has 23 heavy (non-hydrogen) atoms. The quantitative estimate of drug-likeness (QED) is 0.817. The van der Waals surface area contributed by atoms with Gasteiger partial charge in [-0.25, -0.2) is 0 Å². The van der Waals surface area contributed by atoms with E-state index in [0.717, 1.165) is 5.69 Å². The normalized spacial score (nSPS) is 13.3. The Bertz CT molecular complexity index is 761. The zero-order chi connectivity index (χ0) is 16.6. The minimum atomic E-state index is -0.362. The maximum absolute atomic E-state index is 12.4. The van der Waals surface area contributed by atoms with Crippen LogP contribution in [0.2, 0.25) is 5.02 Å². The number of halogens is 2. The molecule has 0 radical (unpaired) electrons. The first-order valence-corrected chi connectivity index (χ1v) is 8.28. The summed E-state index contributed by atoms with van der Waals surface area (Å²) in [6.07, 6.45) is 0. The Kier molecular flexibility index (Phi) is 4.50. The first-order chi connectivity index (χ1) is 11.0. The molecule has 0 unspecified atom stereocenters. The van der Waals surface area contributed by atoms with E-state index in [4.69, 9.17) is 21.1 Å². The van der Waals surface area contributed by atoms with Crippen LogP contribution in [-0.2, 0) is 0 Å². The van der Waals surface area contributed by atoms with Crippen LogP contribution in [0.1, 0.15) is 35.9 Å². The minimum absolute atomic E-state index is 0.219. The second-order valence-electron chi connectivity index (χ2n) is 5.38. The smallest absolute Gasteiger partial charge is 0.277 e. The summed E-state index contributed by atoms with van der Waals surface area (Å²) in [7, 11) is 0. The highest BCUT2D eigenvalue weighted by Crippen LogP contribution is 2.38. The van der Waals surface area contributed by atoms with Crippen molar-refractivity contribution in [1.82, 2.24) is 10.2 Å². The fourth-order valence-electron chi connectivity index (χ4n) is 2.22. The molecule has 2 heterocycles. The van der Waals surface area contributed by atoms with Gasteiger partial charge in [0.25, 0.3) is 5.91 Å². The number of benzene rings is 1. The highest BCUT2D eigenvalue weighted by atomic mass is 79.9. The van der Waals surface area contributed by atoms with Gasteiger partial charge in [0.05, 0.1) is 20.9 Å². The zero-order valence-electron chi connectivity index (χ0n) is 12.6. The third kappa shape index (κ3) is 3.16. The number of ether oxygens (including phenoxy) is 2. The summed E-state index contributed by atoms with van der Waals surface area (Å²) >= 11 is 9.61. The molecule has 0 spiro atoms. The number of hydrogen-bond acceptors (Lipinski definition) is 4. The number of aromatic nitrogens is 2. The highest BCUT2D eigenvalue weighted by Gasteiger charge is 2.21. The number of fused-ring (bicyclic) bond motifs is 1. The summed E-state index contributed by atoms with van der Waals surface area (Å²) in [5, 5.41) is 10.1. The van der Waals surface area contributed by atoms with Gasteiger partial charge in [0.15, 0.2) is 17.2 Å². The molecule has 0 aliphatic carbocycles. The molecule has 1 aromatic carbocycles. The summed E-state index contributed by atoms with van der Waals surface area (Å²) in [4.78, 5) is 12.4. The Balaban J connectivity index is 1.86. The van der Waals surface area contributed by atoms with Crippen molar-refractivity contribution in [3.05, 3.63) is 33.0 Å². The molecule has 0 saturated carbocycles. The molecular weight excluding hydrogens is 386 g/mol. The molecule has 3 rings (SSSR count). The van der Waals surface area contributed by atoms with Crippen molar-refractivity contribution in [2.24, 2.45) is 0 Å². The standard InChI is InChI=1S/C15H15BrClN3O3/c1-7(2)13-12(16)14(20-19-13)15(21)18-9-6-11-10(5-8(9)17)22-3-4-23-11/h5-7H,3-4H2,1-2H3,(H,18,21)(H,19,20). The van der Waals surface area contributed by atoms with E-state index in [9.17, 15) is 4.79 Å². The molecule has 0 saturated heterocycles. The predicted molar refractivity (Wildman–Crippen MR) is 90.8 cm³/mol. The van der Waals surface area contributed by atoms with Gasteiger partial charge in [-0.05, 0) is 21.8 Å². The lowest BCUT2D eigenvalue weighted by Crippen LogP contribution is -2.17. The fourth-order valence-corrected chi connectivity index (χ4v) is 3.23. The van der Waals surface area contributed by atoms with E-state index in [1.807, 2.05) is 13.8 Å². The van der Waals surface area contributed by atoms with E-state index in [2.05, 4.69) is 31.4 Å². The largest absolute Gasteiger partial charge is 0.486 e. The number of carbonyl (C=O) groups is 1. The summed E-state index contributed by atoms with van der Waals surface area (Å²) in [6.45, 7) is 4.97. The molecule has 6 nitrogen and oxygen atoms in total. The van der Waals surface area contributed by atoms with E-state index in [0.29, 0.717) is 39.9 Å². The number of H-pyrrole nitrogens is 1. The summed E-state index contributed by atoms with van der Waals surface area (Å²) < 4.78 is 11.6. The number of rotatable bonds is 3. The van der Waals surface area contributed by atoms with Crippen LogP contribution in [0.3, 0.4) is 0 Å². The van der Waals surface area contributed by atoms with Crippen molar-refractivity contribution in [2.75, 3.05) is 18.5 Å². The molecule has 1 aromatic heterocycles. The fraction of sp³-hybridized carbons (Fsp3) is 0.333. The third-order valence-electron chi connectivity index (χ3n) is 3.41. The Morgan fingerprint density at radius 2 is 2.00 bits per heavy atom. The highest BCUT2D eigenvalue weighted by molar-refractivity contribution is 9.10. The van der Waals surface area contributed by atoms with E-state index < -0.39 is 0 Å². The van der Waals surface area contributed by atoms with E-state index in [1.54, 1.807) is 12.1 Å². The summed E-state index contributed by atoms with van der Waals surface area (Å²) in [5.74, 6) is 0.983. The molecule has 122 valence electrons. The molecule has 1 aliphatic heterocycles. The van der Waals surface area contributed by atoms with Crippen molar-refractivity contribution in [1.29, 1.82) is 0 Å². The van der Waals surface area contributed by atoms with E-state index >= 15 is 0 Å². The number of amides is 1. The van der Waals surface area contributed by atoms with Gasteiger partial charge < -0.3 is 14.8 Å². The van der Waals surface area contributed by atoms with Crippen molar-refractivity contribution in [2.45, 2.75) is 19.8 Å². The van der Waals surface area contributed by atoms with Gasteiger partial charge in [0, 0.05) is 12.1 Å². The molecule has 0 fully saturated rings. The van der Waals surface area contributed by atoms with Crippen molar-refractivity contribution < 1.29 is 14.3 Å². The van der Waals surface area contributed by atoms with Gasteiger partial charge in [0.2, 0.25) is 0 Å². The first-order valence-electron chi connectivity index (χ1n) is 7.11. The molecule has 2 aromatic rings. The summed E-state index contributed by atoms with van der Waals surface area (Å²) in [5.41, 5.74) is 1.59. The monoisotopic (exact) mass is 399 g/mol. The van der Waals surface area contributed by atoms with Crippen LogP contribution < -0.4 is 14.8 Å². The molecule has 0 atom stereocenters. The zero-order valence-corrected chi connectivity index (χ0v) is 14.9. The molecular formula is C15H15BrClN3O3. The Labute approximate surface area is 146 Å². The average molecular weight is 401 g/mol. The molecule has 1 amide bonds. The van der Waals surface area contributed by atoms with E-state index in [-0.39, 0.29) is 17.5 Å². The maximum Gasteiger partial charge on any atom is 0.277 e. The SMILES string of the molecule is CC(C)c1[nH]nc(C(=O)Nc2cc3c(cc2Cl)OCCO3)c1Br. The van der Waals surface area contributed by atoms with Gasteiger partial charge in [-0.1, -0.05) is 25.4 Å². The second-order valence-corrected chi connectivity index (χ2v) is 6.58. The lowest BCUT2D eigenvalue weighted by molar-refractivity contribution is 0.102. The van der Waals surface area contributed by atoms with Crippen LogP contribution in [0.25, 0.3) is 0 Å². The van der Waals surface area contributed by atoms with Crippen LogP contribution in [-0.4, -0.2) is 29.3 Å². The van der Waals surface area contributed by atoms with E-state index in [1.165, 1.54) is 0 Å². The topological polar surface area (TPSA) is 76.2 Å². The maximum atomic E-state index is 12.4. The van der Waals surface area contributed by atoms with Crippen molar-refractivity contribution in [3.8, 4) is 11.5 Å². The predicted octanol–water partition coefficient (Wildman–Crippen LogP) is 3.97. The number of nitrogens with one attached hydrogen (secondary N) is 2. The van der Waals surface area contributed by atoms with Gasteiger partial charge >= 0.3 is 0 Å². The molecule has 2 N–H and O–H groups in total. The van der Waals surface area contributed by atoms with Crippen LogP contribution >= 0.6 is 27.5 Å². The average Bonchev–Trinajstić information content (AvgIpc) is 2.90. The number of hydrogen-bond donors (Lipinski definition) is 2. The third-order valence-corrected chi connectivity index (χ3v) is 4.52. The molecule has 1 aliphatic rings. The van der Waals surface area contributed by atoms with Gasteiger partial charge in [-0.15, -0.1) is 0 Å².